The molecule has 2 aliphatic heterocycles. The Morgan fingerprint density at radius 2 is 1.46 bits per heavy atom. The van der Waals surface area contributed by atoms with E-state index in [0.717, 1.165) is 6.04 Å². The van der Waals surface area contributed by atoms with Crippen LogP contribution in [0.15, 0.2) is 0 Å². The van der Waals surface area contributed by atoms with Gasteiger partial charge in [0, 0.05) is 25.9 Å². The second-order valence-corrected chi connectivity index (χ2v) is 8.61. The van der Waals surface area contributed by atoms with Gasteiger partial charge in [-0.05, 0) is 39.0 Å². The van der Waals surface area contributed by atoms with Gasteiger partial charge in [0.15, 0.2) is 6.04 Å². The highest BCUT2D eigenvalue weighted by Gasteiger charge is 2.36. The Labute approximate surface area is 148 Å². The summed E-state index contributed by atoms with van der Waals surface area (Å²) in [5, 5.41) is 0. The fourth-order valence-electron chi connectivity index (χ4n) is 5.37. The van der Waals surface area contributed by atoms with Crippen molar-refractivity contribution in [3.63, 3.8) is 0 Å². The maximum Gasteiger partial charge on any atom is 0.280 e. The van der Waals surface area contributed by atoms with Gasteiger partial charge < -0.3 is 14.7 Å². The minimum absolute atomic E-state index is 0.147. The molecule has 3 aliphatic rings. The summed E-state index contributed by atoms with van der Waals surface area (Å²) < 4.78 is 0. The molecule has 0 aromatic carbocycles. The van der Waals surface area contributed by atoms with Crippen LogP contribution in [0.1, 0.15) is 71.1 Å². The van der Waals surface area contributed by atoms with Crippen LogP contribution in [0.3, 0.4) is 0 Å². The summed E-state index contributed by atoms with van der Waals surface area (Å²) in [6.45, 7) is 7.34. The molecule has 4 heteroatoms. The summed E-state index contributed by atoms with van der Waals surface area (Å²) in [4.78, 5) is 18.4. The molecule has 0 unspecified atom stereocenters. The van der Waals surface area contributed by atoms with Crippen LogP contribution >= 0.6 is 0 Å². The number of hydrogen-bond acceptors (Lipinski definition) is 1. The number of carbonyl (C=O) groups is 1. The highest BCUT2D eigenvalue weighted by molar-refractivity contribution is 5.80. The third-order valence-corrected chi connectivity index (χ3v) is 7.15. The van der Waals surface area contributed by atoms with E-state index in [0.29, 0.717) is 11.9 Å². The summed E-state index contributed by atoms with van der Waals surface area (Å²) in [5.41, 5.74) is 0. The van der Waals surface area contributed by atoms with Gasteiger partial charge >= 0.3 is 0 Å². The van der Waals surface area contributed by atoms with Crippen LogP contribution in [0.25, 0.3) is 0 Å². The lowest BCUT2D eigenvalue weighted by atomic mass is 9.94. The zero-order valence-electron chi connectivity index (χ0n) is 16.0. The van der Waals surface area contributed by atoms with Crippen LogP contribution in [0, 0.1) is 0 Å². The Morgan fingerprint density at radius 3 is 2.08 bits per heavy atom. The maximum absolute atomic E-state index is 12.9. The highest BCUT2D eigenvalue weighted by Crippen LogP contribution is 2.21. The fourth-order valence-corrected chi connectivity index (χ4v) is 5.37. The van der Waals surface area contributed by atoms with Gasteiger partial charge in [0.05, 0.1) is 32.2 Å². The predicted molar refractivity (Wildman–Crippen MR) is 97.4 cm³/mol. The van der Waals surface area contributed by atoms with Gasteiger partial charge in [-0.3, -0.25) is 4.79 Å². The van der Waals surface area contributed by atoms with Gasteiger partial charge in [0.2, 0.25) is 0 Å². The number of hydrogen-bond donors (Lipinski definition) is 2. The molecule has 0 aromatic rings. The first kappa shape index (κ1) is 18.2. The van der Waals surface area contributed by atoms with E-state index in [9.17, 15) is 4.79 Å². The monoisotopic (exact) mass is 337 g/mol. The Balaban J connectivity index is 1.47. The molecule has 1 amide bonds. The van der Waals surface area contributed by atoms with Gasteiger partial charge in [-0.2, -0.15) is 0 Å². The molecule has 0 aromatic heterocycles. The van der Waals surface area contributed by atoms with E-state index in [1.54, 1.807) is 0 Å². The van der Waals surface area contributed by atoms with Crippen molar-refractivity contribution in [2.45, 2.75) is 89.3 Å². The van der Waals surface area contributed by atoms with Crippen molar-refractivity contribution in [3.05, 3.63) is 0 Å². The summed E-state index contributed by atoms with van der Waals surface area (Å²) in [6, 6.07) is 1.52. The van der Waals surface area contributed by atoms with Crippen molar-refractivity contribution in [2.75, 3.05) is 33.2 Å². The van der Waals surface area contributed by atoms with Gasteiger partial charge in [-0.15, -0.1) is 0 Å². The molecule has 0 spiro atoms. The number of piperidine rings is 2. The van der Waals surface area contributed by atoms with E-state index in [1.165, 1.54) is 95.3 Å². The minimum atomic E-state index is 0.147. The van der Waals surface area contributed by atoms with E-state index in [-0.39, 0.29) is 6.04 Å². The van der Waals surface area contributed by atoms with E-state index in [2.05, 4.69) is 18.9 Å². The van der Waals surface area contributed by atoms with Gasteiger partial charge in [0.1, 0.15) is 0 Å². The lowest BCUT2D eigenvalue weighted by Crippen LogP contribution is -3.22. The quantitative estimate of drug-likeness (QED) is 0.758. The molecule has 1 aliphatic carbocycles. The van der Waals surface area contributed by atoms with Crippen LogP contribution in [0.4, 0.5) is 0 Å². The predicted octanol–water partition coefficient (Wildman–Crippen LogP) is 0.282. The molecule has 0 radical (unpaired) electrons. The van der Waals surface area contributed by atoms with Crippen molar-refractivity contribution < 1.29 is 14.6 Å². The highest BCUT2D eigenvalue weighted by atomic mass is 16.2. The molecule has 1 atom stereocenters. The molecule has 24 heavy (non-hydrogen) atoms. The first-order valence-corrected chi connectivity index (χ1v) is 10.6. The number of amides is 1. The Kier molecular flexibility index (Phi) is 6.56. The number of rotatable bonds is 4. The summed E-state index contributed by atoms with van der Waals surface area (Å²) >= 11 is 0. The summed E-state index contributed by atoms with van der Waals surface area (Å²) in [7, 11) is 2.05. The molecular weight excluding hydrogens is 298 g/mol. The van der Waals surface area contributed by atoms with E-state index in [4.69, 9.17) is 0 Å². The summed E-state index contributed by atoms with van der Waals surface area (Å²) in [5.74, 6) is 0.390. The largest absolute Gasteiger partial charge is 0.338 e. The van der Waals surface area contributed by atoms with Crippen molar-refractivity contribution in [1.29, 1.82) is 0 Å². The standard InChI is InChI=1S/C20H37N3O/c1-17(20(24)21(2)18-9-5-3-6-10-18)22-15-11-19(12-16-22)23-13-7-4-8-14-23/h17-19H,3-16H2,1-2H3/p+2/t17-/m1/s1. The average molecular weight is 338 g/mol. The minimum Gasteiger partial charge on any atom is -0.338 e. The summed E-state index contributed by atoms with van der Waals surface area (Å²) in [6.07, 6.45) is 13.3. The van der Waals surface area contributed by atoms with Gasteiger partial charge in [-0.1, -0.05) is 19.3 Å². The Morgan fingerprint density at radius 1 is 0.875 bits per heavy atom. The number of likely N-dealkylation sites (tertiary alicyclic amines) is 2. The number of nitrogens with one attached hydrogen (secondary N) is 2. The SMILES string of the molecule is C[C@H](C(=O)N(C)C1CCCCC1)[NH+]1CCC([NH+]2CCCCC2)CC1. The zero-order chi connectivity index (χ0) is 16.9. The lowest BCUT2D eigenvalue weighted by molar-refractivity contribution is -0.965. The van der Waals surface area contributed by atoms with Crippen molar-refractivity contribution >= 4 is 5.91 Å². The van der Waals surface area contributed by atoms with Gasteiger partial charge in [-0.25, -0.2) is 0 Å². The number of nitrogens with zero attached hydrogens (tertiary/aromatic N) is 1. The molecule has 138 valence electrons. The number of quaternary nitrogens is 2. The lowest BCUT2D eigenvalue weighted by Gasteiger charge is -2.39. The second kappa shape index (κ2) is 8.66. The molecule has 1 saturated carbocycles. The van der Waals surface area contributed by atoms with Crippen molar-refractivity contribution in [1.82, 2.24) is 4.90 Å². The molecule has 2 N–H and O–H groups in total. The molecule has 3 fully saturated rings. The first-order valence-electron chi connectivity index (χ1n) is 10.6. The van der Waals surface area contributed by atoms with Crippen molar-refractivity contribution in [3.8, 4) is 0 Å². The third-order valence-electron chi connectivity index (χ3n) is 7.15. The van der Waals surface area contributed by atoms with Gasteiger partial charge in [0.25, 0.3) is 5.91 Å². The number of likely N-dealkylation sites (N-methyl/N-ethyl adjacent to an activating group) is 1. The number of carbonyl (C=O) groups excluding carboxylic acids is 1. The van der Waals surface area contributed by atoms with E-state index < -0.39 is 0 Å². The third kappa shape index (κ3) is 4.32. The first-order chi connectivity index (χ1) is 11.7. The Hall–Kier alpha value is -0.610. The van der Waals surface area contributed by atoms with Crippen LogP contribution in [-0.4, -0.2) is 62.2 Å². The van der Waals surface area contributed by atoms with Crippen LogP contribution in [-0.2, 0) is 4.79 Å². The zero-order valence-corrected chi connectivity index (χ0v) is 16.0. The topological polar surface area (TPSA) is 29.2 Å². The van der Waals surface area contributed by atoms with E-state index in [1.807, 2.05) is 4.90 Å². The van der Waals surface area contributed by atoms with Crippen LogP contribution in [0.5, 0.6) is 0 Å². The smallest absolute Gasteiger partial charge is 0.280 e. The maximum atomic E-state index is 12.9. The normalized spacial score (nSPS) is 31.6. The van der Waals surface area contributed by atoms with Crippen molar-refractivity contribution in [2.24, 2.45) is 0 Å². The molecule has 2 saturated heterocycles. The average Bonchev–Trinajstić information content (AvgIpc) is 2.68. The molecule has 2 heterocycles. The molecular formula is C20H39N3O+2. The molecule has 4 nitrogen and oxygen atoms in total. The van der Waals surface area contributed by atoms with Crippen LogP contribution < -0.4 is 9.80 Å². The molecule has 3 rings (SSSR count). The Bertz CT molecular complexity index is 394. The van der Waals surface area contributed by atoms with Crippen LogP contribution in [0.2, 0.25) is 0 Å². The second-order valence-electron chi connectivity index (χ2n) is 8.61. The molecule has 0 bridgehead atoms. The fraction of sp³-hybridized carbons (Fsp3) is 0.950. The van der Waals surface area contributed by atoms with E-state index >= 15 is 0 Å².